The lowest BCUT2D eigenvalue weighted by atomic mass is 10.1. The van der Waals surface area contributed by atoms with Gasteiger partial charge in [-0.05, 0) is 63.1 Å². The van der Waals surface area contributed by atoms with Gasteiger partial charge < -0.3 is 18.6 Å². The third kappa shape index (κ3) is 4.34. The highest BCUT2D eigenvalue weighted by Crippen LogP contribution is 2.25. The summed E-state index contributed by atoms with van der Waals surface area (Å²) in [6.45, 7) is 7.53. The van der Waals surface area contributed by atoms with Crippen LogP contribution in [0.15, 0.2) is 51.9 Å². The third-order valence-corrected chi connectivity index (χ3v) is 4.07. The molecule has 3 rings (SSSR count). The second-order valence-electron chi connectivity index (χ2n) is 6.52. The summed E-state index contributed by atoms with van der Waals surface area (Å²) < 4.78 is 21.8. The van der Waals surface area contributed by atoms with Crippen molar-refractivity contribution in [1.82, 2.24) is 0 Å². The van der Waals surface area contributed by atoms with Gasteiger partial charge in [-0.25, -0.2) is 4.79 Å². The molecule has 28 heavy (non-hydrogen) atoms. The van der Waals surface area contributed by atoms with E-state index in [-0.39, 0.29) is 17.8 Å². The fraction of sp³-hybridized carbons (Fsp3) is 0.273. The molecular weight excluding hydrogens is 360 g/mol. The van der Waals surface area contributed by atoms with Crippen molar-refractivity contribution in [2.24, 2.45) is 0 Å². The van der Waals surface area contributed by atoms with Crippen molar-refractivity contribution < 1.29 is 23.4 Å². The maximum Gasteiger partial charge on any atom is 0.347 e. The van der Waals surface area contributed by atoms with Crippen LogP contribution in [0.4, 0.5) is 0 Å². The van der Waals surface area contributed by atoms with Crippen molar-refractivity contribution in [3.63, 3.8) is 0 Å². The maximum absolute atomic E-state index is 12.7. The van der Waals surface area contributed by atoms with E-state index >= 15 is 0 Å². The number of aryl methyl sites for hydroxylation is 2. The zero-order valence-corrected chi connectivity index (χ0v) is 16.3. The first kappa shape index (κ1) is 19.5. The van der Waals surface area contributed by atoms with Gasteiger partial charge in [-0.1, -0.05) is 6.07 Å². The summed E-state index contributed by atoms with van der Waals surface area (Å²) in [6, 6.07) is 10.5. The molecule has 0 unspecified atom stereocenters. The average molecular weight is 382 g/mol. The molecular formula is C22H22O6. The molecule has 1 atom stereocenters. The van der Waals surface area contributed by atoms with Crippen molar-refractivity contribution in [3.05, 3.63) is 64.0 Å². The fourth-order valence-electron chi connectivity index (χ4n) is 2.87. The van der Waals surface area contributed by atoms with E-state index in [1.807, 2.05) is 32.0 Å². The molecule has 2 aromatic carbocycles. The fourth-order valence-corrected chi connectivity index (χ4v) is 2.87. The third-order valence-electron chi connectivity index (χ3n) is 4.07. The lowest BCUT2D eigenvalue weighted by Crippen LogP contribution is -2.26. The van der Waals surface area contributed by atoms with Gasteiger partial charge in [-0.2, -0.15) is 0 Å². The van der Waals surface area contributed by atoms with Crippen molar-refractivity contribution in [1.29, 1.82) is 0 Å². The molecule has 3 aromatic rings. The van der Waals surface area contributed by atoms with Gasteiger partial charge in [0.2, 0.25) is 11.2 Å². The zero-order valence-electron chi connectivity index (χ0n) is 16.3. The van der Waals surface area contributed by atoms with Crippen LogP contribution in [0.1, 0.15) is 25.0 Å². The number of esters is 1. The van der Waals surface area contributed by atoms with Gasteiger partial charge in [-0.15, -0.1) is 0 Å². The topological polar surface area (TPSA) is 75.0 Å². The van der Waals surface area contributed by atoms with Gasteiger partial charge in [0.15, 0.2) is 6.10 Å². The summed E-state index contributed by atoms with van der Waals surface area (Å²) in [7, 11) is 0. The Morgan fingerprint density at radius 3 is 2.46 bits per heavy atom. The van der Waals surface area contributed by atoms with E-state index < -0.39 is 12.1 Å². The molecule has 1 aromatic heterocycles. The van der Waals surface area contributed by atoms with Crippen LogP contribution >= 0.6 is 0 Å². The second-order valence-corrected chi connectivity index (χ2v) is 6.52. The molecule has 0 saturated heterocycles. The lowest BCUT2D eigenvalue weighted by Gasteiger charge is -2.13. The van der Waals surface area contributed by atoms with E-state index in [0.29, 0.717) is 22.5 Å². The molecule has 0 spiro atoms. The highest BCUT2D eigenvalue weighted by molar-refractivity contribution is 5.79. The van der Waals surface area contributed by atoms with Crippen molar-refractivity contribution in [2.45, 2.75) is 33.8 Å². The largest absolute Gasteiger partial charge is 0.479 e. The van der Waals surface area contributed by atoms with E-state index in [2.05, 4.69) is 0 Å². The molecule has 1 heterocycles. The van der Waals surface area contributed by atoms with Crippen molar-refractivity contribution in [2.75, 3.05) is 6.61 Å². The van der Waals surface area contributed by atoms with E-state index in [0.717, 1.165) is 11.1 Å². The Hall–Kier alpha value is -3.28. The standard InChI is InChI=1S/C22H22O6/c1-5-25-22(24)15(4)27-16-6-7-18-19(11-16)26-12-20(21(18)23)28-17-9-13(2)8-14(3)10-17/h6-12,15H,5H2,1-4H3/t15-/m0/s1. The van der Waals surface area contributed by atoms with Gasteiger partial charge >= 0.3 is 5.97 Å². The van der Waals surface area contributed by atoms with Gasteiger partial charge in [0.05, 0.1) is 12.0 Å². The van der Waals surface area contributed by atoms with Gasteiger partial charge in [0.1, 0.15) is 23.3 Å². The average Bonchev–Trinajstić information content (AvgIpc) is 2.63. The maximum atomic E-state index is 12.7. The van der Waals surface area contributed by atoms with Crippen LogP contribution in [0.2, 0.25) is 0 Å². The Morgan fingerprint density at radius 2 is 1.79 bits per heavy atom. The summed E-state index contributed by atoms with van der Waals surface area (Å²) in [5.41, 5.74) is 2.13. The SMILES string of the molecule is CCOC(=O)[C@H](C)Oc1ccc2c(=O)c(Oc3cc(C)cc(C)c3)coc2c1. The molecule has 0 saturated carbocycles. The van der Waals surface area contributed by atoms with Crippen molar-refractivity contribution in [3.8, 4) is 17.2 Å². The number of ether oxygens (including phenoxy) is 3. The highest BCUT2D eigenvalue weighted by Gasteiger charge is 2.17. The minimum Gasteiger partial charge on any atom is -0.479 e. The summed E-state index contributed by atoms with van der Waals surface area (Å²) in [4.78, 5) is 24.4. The number of hydrogen-bond donors (Lipinski definition) is 0. The van der Waals surface area contributed by atoms with Crippen LogP contribution in [0.3, 0.4) is 0 Å². The van der Waals surface area contributed by atoms with Crippen LogP contribution in [0.5, 0.6) is 17.2 Å². The van der Waals surface area contributed by atoms with Crippen LogP contribution in [0.25, 0.3) is 11.0 Å². The van der Waals surface area contributed by atoms with E-state index in [4.69, 9.17) is 18.6 Å². The molecule has 6 nitrogen and oxygen atoms in total. The molecule has 0 N–H and O–H groups in total. The quantitative estimate of drug-likeness (QED) is 0.583. The number of carbonyl (C=O) groups is 1. The zero-order chi connectivity index (χ0) is 20.3. The number of hydrogen-bond acceptors (Lipinski definition) is 6. The second kappa shape index (κ2) is 8.17. The Kier molecular flexibility index (Phi) is 5.68. The first-order chi connectivity index (χ1) is 13.4. The molecule has 0 aliphatic carbocycles. The molecule has 0 aliphatic heterocycles. The van der Waals surface area contributed by atoms with Crippen molar-refractivity contribution >= 4 is 16.9 Å². The predicted octanol–water partition coefficient (Wildman–Crippen LogP) is 4.53. The normalized spacial score (nSPS) is 11.9. The van der Waals surface area contributed by atoms with Crippen LogP contribution < -0.4 is 14.9 Å². The van der Waals surface area contributed by atoms with Crippen LogP contribution in [0, 0.1) is 13.8 Å². The van der Waals surface area contributed by atoms with Crippen LogP contribution in [-0.4, -0.2) is 18.7 Å². The van der Waals surface area contributed by atoms with Crippen LogP contribution in [-0.2, 0) is 9.53 Å². The lowest BCUT2D eigenvalue weighted by molar-refractivity contribution is -0.150. The van der Waals surface area contributed by atoms with E-state index in [1.54, 1.807) is 32.0 Å². The molecule has 0 radical (unpaired) electrons. The summed E-state index contributed by atoms with van der Waals surface area (Å²) in [5.74, 6) is 0.624. The number of rotatable bonds is 6. The Balaban J connectivity index is 1.86. The summed E-state index contributed by atoms with van der Waals surface area (Å²) >= 11 is 0. The smallest absolute Gasteiger partial charge is 0.347 e. The highest BCUT2D eigenvalue weighted by atomic mass is 16.6. The monoisotopic (exact) mass is 382 g/mol. The molecule has 146 valence electrons. The molecule has 0 fully saturated rings. The number of carbonyl (C=O) groups excluding carboxylic acids is 1. The first-order valence-electron chi connectivity index (χ1n) is 9.02. The Bertz CT molecular complexity index is 1050. The summed E-state index contributed by atoms with van der Waals surface area (Å²) in [6.07, 6.45) is 0.511. The molecule has 0 aliphatic rings. The Morgan fingerprint density at radius 1 is 1.07 bits per heavy atom. The predicted molar refractivity (Wildman–Crippen MR) is 105 cm³/mol. The van der Waals surface area contributed by atoms with E-state index in [1.165, 1.54) is 6.26 Å². The van der Waals surface area contributed by atoms with Gasteiger partial charge in [0.25, 0.3) is 0 Å². The van der Waals surface area contributed by atoms with E-state index in [9.17, 15) is 9.59 Å². The first-order valence-corrected chi connectivity index (χ1v) is 9.02. The molecule has 6 heteroatoms. The number of fused-ring (bicyclic) bond motifs is 1. The van der Waals surface area contributed by atoms with Gasteiger partial charge in [-0.3, -0.25) is 4.79 Å². The van der Waals surface area contributed by atoms with Gasteiger partial charge in [0, 0.05) is 6.07 Å². The minimum atomic E-state index is -0.767. The minimum absolute atomic E-state index is 0.103. The molecule has 0 amide bonds. The summed E-state index contributed by atoms with van der Waals surface area (Å²) in [5, 5.41) is 0.359. The molecule has 0 bridgehead atoms. The number of benzene rings is 2. The Labute approximate surface area is 162 Å².